The molecule has 104 valence electrons. The van der Waals surface area contributed by atoms with E-state index in [1.807, 2.05) is 24.3 Å². The topological polar surface area (TPSA) is 53.1 Å². The largest absolute Gasteiger partial charge is 0.384 e. The van der Waals surface area contributed by atoms with Gasteiger partial charge in [-0.3, -0.25) is 5.41 Å². The predicted octanol–water partition coefficient (Wildman–Crippen LogP) is 3.22. The van der Waals surface area contributed by atoms with Crippen LogP contribution in [0.25, 0.3) is 0 Å². The fourth-order valence-electron chi connectivity index (χ4n) is 2.50. The van der Waals surface area contributed by atoms with E-state index < -0.39 is 0 Å². The van der Waals surface area contributed by atoms with Crippen LogP contribution in [0.4, 0.5) is 5.69 Å². The molecule has 0 aromatic heterocycles. The lowest BCUT2D eigenvalue weighted by Gasteiger charge is -2.23. The minimum Gasteiger partial charge on any atom is -0.384 e. The maximum Gasteiger partial charge on any atom is 0.123 e. The summed E-state index contributed by atoms with van der Waals surface area (Å²) >= 11 is 0. The van der Waals surface area contributed by atoms with Crippen molar-refractivity contribution in [2.75, 3.05) is 11.9 Å². The first-order valence-electron chi connectivity index (χ1n) is 6.69. The van der Waals surface area contributed by atoms with E-state index in [0.29, 0.717) is 0 Å². The van der Waals surface area contributed by atoms with Crippen LogP contribution >= 0.6 is 0 Å². The average Bonchev–Trinajstić information content (AvgIpc) is 2.38. The Morgan fingerprint density at radius 2 is 1.85 bits per heavy atom. The molecule has 0 bridgehead atoms. The van der Waals surface area contributed by atoms with Gasteiger partial charge in [-0.2, -0.15) is 0 Å². The lowest BCUT2D eigenvalue weighted by Crippen LogP contribution is -2.21. The zero-order valence-electron chi connectivity index (χ0n) is 12.3. The molecule has 2 aromatic rings. The number of nitrogens with two attached hydrogens (primary N) is 1. The molecule has 2 rings (SSSR count). The molecule has 0 aliphatic heterocycles. The van der Waals surface area contributed by atoms with Crippen LogP contribution in [0.15, 0.2) is 42.5 Å². The minimum absolute atomic E-state index is 0.120. The normalized spacial score (nSPS) is 10.3. The maximum absolute atomic E-state index is 7.65. The van der Waals surface area contributed by atoms with Gasteiger partial charge in [0, 0.05) is 24.8 Å². The maximum atomic E-state index is 7.65. The summed E-state index contributed by atoms with van der Waals surface area (Å²) in [7, 11) is 2.06. The van der Waals surface area contributed by atoms with Crippen molar-refractivity contribution >= 4 is 11.5 Å². The summed E-state index contributed by atoms with van der Waals surface area (Å²) in [5.41, 5.74) is 11.3. The highest BCUT2D eigenvalue weighted by Crippen LogP contribution is 2.22. The number of hydrogen-bond donors (Lipinski definition) is 2. The predicted molar refractivity (Wildman–Crippen MR) is 85.5 cm³/mol. The van der Waals surface area contributed by atoms with Crippen LogP contribution in [0.1, 0.15) is 22.3 Å². The van der Waals surface area contributed by atoms with Crippen LogP contribution in [-0.4, -0.2) is 12.9 Å². The molecule has 3 nitrogen and oxygen atoms in total. The molecule has 0 radical (unpaired) electrons. The zero-order chi connectivity index (χ0) is 14.7. The Kier molecular flexibility index (Phi) is 4.08. The molecular formula is C17H21N3. The van der Waals surface area contributed by atoms with Crippen LogP contribution in [0, 0.1) is 19.3 Å². The fraction of sp³-hybridized carbons (Fsp3) is 0.235. The third-order valence-electron chi connectivity index (χ3n) is 3.48. The summed E-state index contributed by atoms with van der Waals surface area (Å²) in [5.74, 6) is 0.120. The number of anilines is 1. The Morgan fingerprint density at radius 1 is 1.15 bits per heavy atom. The molecule has 3 heteroatoms. The Hall–Kier alpha value is -2.29. The monoisotopic (exact) mass is 267 g/mol. The quantitative estimate of drug-likeness (QED) is 0.660. The molecule has 0 saturated carbocycles. The van der Waals surface area contributed by atoms with E-state index in [9.17, 15) is 0 Å². The lowest BCUT2D eigenvalue weighted by molar-refractivity contribution is 0.914. The smallest absolute Gasteiger partial charge is 0.123 e. The second kappa shape index (κ2) is 5.78. The molecule has 20 heavy (non-hydrogen) atoms. The van der Waals surface area contributed by atoms with Crippen molar-refractivity contribution in [1.82, 2.24) is 0 Å². The highest BCUT2D eigenvalue weighted by Gasteiger charge is 2.09. The third kappa shape index (κ3) is 2.99. The highest BCUT2D eigenvalue weighted by molar-refractivity contribution is 5.96. The second-order valence-electron chi connectivity index (χ2n) is 5.22. The van der Waals surface area contributed by atoms with Gasteiger partial charge < -0.3 is 10.6 Å². The Balaban J connectivity index is 2.28. The van der Waals surface area contributed by atoms with Crippen LogP contribution in [-0.2, 0) is 6.54 Å². The van der Waals surface area contributed by atoms with Gasteiger partial charge in [0.05, 0.1) is 0 Å². The van der Waals surface area contributed by atoms with E-state index >= 15 is 0 Å². The van der Waals surface area contributed by atoms with Crippen LogP contribution in [0.2, 0.25) is 0 Å². The van der Waals surface area contributed by atoms with Crippen molar-refractivity contribution in [2.24, 2.45) is 5.73 Å². The van der Waals surface area contributed by atoms with Gasteiger partial charge in [-0.25, -0.2) is 0 Å². The summed E-state index contributed by atoms with van der Waals surface area (Å²) < 4.78 is 0. The lowest BCUT2D eigenvalue weighted by atomic mass is 10.1. The van der Waals surface area contributed by atoms with Gasteiger partial charge in [0.1, 0.15) is 5.84 Å². The van der Waals surface area contributed by atoms with Crippen LogP contribution < -0.4 is 10.6 Å². The van der Waals surface area contributed by atoms with Crippen LogP contribution in [0.3, 0.4) is 0 Å². The van der Waals surface area contributed by atoms with Gasteiger partial charge in [-0.1, -0.05) is 42.0 Å². The average molecular weight is 267 g/mol. The summed E-state index contributed by atoms with van der Waals surface area (Å²) in [6.07, 6.45) is 0. The number of amidine groups is 1. The van der Waals surface area contributed by atoms with Gasteiger partial charge in [-0.05, 0) is 31.0 Å². The molecule has 0 heterocycles. The zero-order valence-corrected chi connectivity index (χ0v) is 12.3. The molecule has 0 aliphatic rings. The molecule has 0 saturated heterocycles. The van der Waals surface area contributed by atoms with Gasteiger partial charge in [0.2, 0.25) is 0 Å². The Bertz CT molecular complexity index is 632. The first kappa shape index (κ1) is 14.1. The summed E-state index contributed by atoms with van der Waals surface area (Å²) in [5, 5.41) is 7.65. The molecule has 3 N–H and O–H groups in total. The second-order valence-corrected chi connectivity index (χ2v) is 5.22. The summed E-state index contributed by atoms with van der Waals surface area (Å²) in [4.78, 5) is 2.19. The number of nitrogens with zero attached hydrogens (tertiary/aromatic N) is 1. The molecule has 0 spiro atoms. The fourth-order valence-corrected chi connectivity index (χ4v) is 2.50. The molecule has 0 aliphatic carbocycles. The van der Waals surface area contributed by atoms with E-state index in [1.54, 1.807) is 0 Å². The standard InChI is InChI=1S/C17H21N3/c1-12-8-9-16(13(2)10-12)20(3)11-14-6-4-5-7-15(14)17(18)19/h4-10H,11H2,1-3H3,(H3,18,19). The number of nitrogens with one attached hydrogen (secondary N) is 1. The molecule has 0 atom stereocenters. The van der Waals surface area contributed by atoms with E-state index in [4.69, 9.17) is 11.1 Å². The van der Waals surface area contributed by atoms with Gasteiger partial charge in [0.25, 0.3) is 0 Å². The minimum atomic E-state index is 0.120. The number of rotatable bonds is 4. The molecule has 0 fully saturated rings. The number of aryl methyl sites for hydroxylation is 2. The van der Waals surface area contributed by atoms with Gasteiger partial charge in [0.15, 0.2) is 0 Å². The van der Waals surface area contributed by atoms with Crippen molar-refractivity contribution < 1.29 is 0 Å². The Labute approximate surface area is 120 Å². The van der Waals surface area contributed by atoms with E-state index in [0.717, 1.165) is 17.7 Å². The van der Waals surface area contributed by atoms with Crippen molar-refractivity contribution in [3.63, 3.8) is 0 Å². The first-order chi connectivity index (χ1) is 9.49. The van der Waals surface area contributed by atoms with E-state index in [1.165, 1.54) is 16.8 Å². The van der Waals surface area contributed by atoms with Gasteiger partial charge >= 0.3 is 0 Å². The molecular weight excluding hydrogens is 246 g/mol. The Morgan fingerprint density at radius 3 is 2.50 bits per heavy atom. The molecule has 0 unspecified atom stereocenters. The molecule has 2 aromatic carbocycles. The van der Waals surface area contributed by atoms with Crippen molar-refractivity contribution in [3.05, 3.63) is 64.7 Å². The first-order valence-corrected chi connectivity index (χ1v) is 6.69. The van der Waals surface area contributed by atoms with Crippen molar-refractivity contribution in [1.29, 1.82) is 5.41 Å². The highest BCUT2D eigenvalue weighted by atomic mass is 15.1. The van der Waals surface area contributed by atoms with Crippen molar-refractivity contribution in [2.45, 2.75) is 20.4 Å². The van der Waals surface area contributed by atoms with Crippen LogP contribution in [0.5, 0.6) is 0 Å². The number of benzene rings is 2. The van der Waals surface area contributed by atoms with Crippen molar-refractivity contribution in [3.8, 4) is 0 Å². The van der Waals surface area contributed by atoms with E-state index in [-0.39, 0.29) is 5.84 Å². The molecule has 0 amide bonds. The van der Waals surface area contributed by atoms with Gasteiger partial charge in [-0.15, -0.1) is 0 Å². The number of nitrogen functional groups attached to an aromatic ring is 1. The number of hydrogen-bond acceptors (Lipinski definition) is 2. The van der Waals surface area contributed by atoms with E-state index in [2.05, 4.69) is 44.0 Å². The summed E-state index contributed by atoms with van der Waals surface area (Å²) in [6.45, 7) is 4.96. The summed E-state index contributed by atoms with van der Waals surface area (Å²) in [6, 6.07) is 14.3. The SMILES string of the molecule is Cc1ccc(N(C)Cc2ccccc2C(=N)N)c(C)c1. The third-order valence-corrected chi connectivity index (χ3v) is 3.48.